The summed E-state index contributed by atoms with van der Waals surface area (Å²) >= 11 is 2.11. The van der Waals surface area contributed by atoms with E-state index in [2.05, 4.69) is 47.9 Å². The Morgan fingerprint density at radius 1 is 1.50 bits per heavy atom. The van der Waals surface area contributed by atoms with Gasteiger partial charge in [0.2, 0.25) is 0 Å². The molecule has 2 N–H and O–H groups in total. The molecule has 1 aliphatic heterocycles. The van der Waals surface area contributed by atoms with Gasteiger partial charge in [0.05, 0.1) is 0 Å². The minimum atomic E-state index is 0.633. The fourth-order valence-corrected chi connectivity index (χ4v) is 3.26. The van der Waals surface area contributed by atoms with Crippen molar-refractivity contribution in [3.8, 4) is 0 Å². The van der Waals surface area contributed by atoms with E-state index in [1.54, 1.807) is 0 Å². The SMILES string of the molecule is CCC1CN(c2cccc(CN)c2)CCS1. The zero-order valence-electron chi connectivity index (χ0n) is 9.86. The maximum Gasteiger partial charge on any atom is 0.0370 e. The van der Waals surface area contributed by atoms with Crippen molar-refractivity contribution >= 4 is 17.4 Å². The van der Waals surface area contributed by atoms with Crippen LogP contribution < -0.4 is 10.6 Å². The van der Waals surface area contributed by atoms with E-state index in [1.165, 1.54) is 30.0 Å². The Kier molecular flexibility index (Phi) is 4.13. The first-order valence-corrected chi connectivity index (χ1v) is 7.04. The monoisotopic (exact) mass is 236 g/mol. The molecule has 1 aromatic carbocycles. The van der Waals surface area contributed by atoms with E-state index < -0.39 is 0 Å². The van der Waals surface area contributed by atoms with Crippen molar-refractivity contribution in [1.29, 1.82) is 0 Å². The third-order valence-corrected chi connectivity index (χ3v) is 4.48. The molecule has 0 bridgehead atoms. The number of rotatable bonds is 3. The highest BCUT2D eigenvalue weighted by atomic mass is 32.2. The summed E-state index contributed by atoms with van der Waals surface area (Å²) < 4.78 is 0. The van der Waals surface area contributed by atoms with Crippen LogP contribution in [0.15, 0.2) is 24.3 Å². The first-order valence-electron chi connectivity index (χ1n) is 5.99. The third kappa shape index (κ3) is 2.71. The second kappa shape index (κ2) is 5.60. The second-order valence-electron chi connectivity index (χ2n) is 4.22. The molecule has 0 aliphatic carbocycles. The lowest BCUT2D eigenvalue weighted by molar-refractivity contribution is 0.728. The van der Waals surface area contributed by atoms with Gasteiger partial charge in [0, 0.05) is 36.3 Å². The van der Waals surface area contributed by atoms with E-state index in [9.17, 15) is 0 Å². The molecule has 0 amide bonds. The van der Waals surface area contributed by atoms with Crippen molar-refractivity contribution < 1.29 is 0 Å². The van der Waals surface area contributed by atoms with Crippen LogP contribution in [-0.4, -0.2) is 24.1 Å². The van der Waals surface area contributed by atoms with Crippen LogP contribution in [0.1, 0.15) is 18.9 Å². The van der Waals surface area contributed by atoms with Gasteiger partial charge in [-0.25, -0.2) is 0 Å². The highest BCUT2D eigenvalue weighted by Crippen LogP contribution is 2.26. The zero-order valence-corrected chi connectivity index (χ0v) is 10.7. The molecule has 1 atom stereocenters. The van der Waals surface area contributed by atoms with Crippen LogP contribution in [0.25, 0.3) is 0 Å². The van der Waals surface area contributed by atoms with Crippen LogP contribution in [0.3, 0.4) is 0 Å². The van der Waals surface area contributed by atoms with Gasteiger partial charge in [-0.3, -0.25) is 0 Å². The summed E-state index contributed by atoms with van der Waals surface area (Å²) in [6.07, 6.45) is 1.26. The van der Waals surface area contributed by atoms with Gasteiger partial charge >= 0.3 is 0 Å². The van der Waals surface area contributed by atoms with Crippen molar-refractivity contribution in [1.82, 2.24) is 0 Å². The van der Waals surface area contributed by atoms with E-state index in [0.29, 0.717) is 6.54 Å². The molecule has 0 radical (unpaired) electrons. The van der Waals surface area contributed by atoms with Crippen molar-refractivity contribution in [2.24, 2.45) is 5.73 Å². The summed E-state index contributed by atoms with van der Waals surface area (Å²) in [6.45, 7) is 5.25. The van der Waals surface area contributed by atoms with Crippen molar-refractivity contribution in [2.75, 3.05) is 23.7 Å². The zero-order chi connectivity index (χ0) is 11.4. The quantitative estimate of drug-likeness (QED) is 0.874. The van der Waals surface area contributed by atoms with Crippen molar-refractivity contribution in [3.63, 3.8) is 0 Å². The predicted octanol–water partition coefficient (Wildman–Crippen LogP) is 2.48. The van der Waals surface area contributed by atoms with Gasteiger partial charge in [-0.2, -0.15) is 11.8 Å². The highest BCUT2D eigenvalue weighted by Gasteiger charge is 2.18. The van der Waals surface area contributed by atoms with Crippen molar-refractivity contribution in [2.45, 2.75) is 25.1 Å². The Morgan fingerprint density at radius 3 is 3.12 bits per heavy atom. The van der Waals surface area contributed by atoms with Crippen LogP contribution >= 0.6 is 11.8 Å². The second-order valence-corrected chi connectivity index (χ2v) is 5.63. The summed E-state index contributed by atoms with van der Waals surface area (Å²) in [5, 5.41) is 0.787. The topological polar surface area (TPSA) is 29.3 Å². The van der Waals surface area contributed by atoms with Gasteiger partial charge in [0.25, 0.3) is 0 Å². The average molecular weight is 236 g/mol. The number of thioether (sulfide) groups is 1. The molecule has 0 aromatic heterocycles. The average Bonchev–Trinajstić information content (AvgIpc) is 2.39. The first-order chi connectivity index (χ1) is 7.83. The van der Waals surface area contributed by atoms with E-state index in [1.807, 2.05) is 0 Å². The Hall–Kier alpha value is -0.670. The maximum absolute atomic E-state index is 5.68. The smallest absolute Gasteiger partial charge is 0.0370 e. The summed E-state index contributed by atoms with van der Waals surface area (Å²) in [5.41, 5.74) is 8.24. The maximum atomic E-state index is 5.68. The van der Waals surface area contributed by atoms with Gasteiger partial charge in [-0.1, -0.05) is 19.1 Å². The van der Waals surface area contributed by atoms with Gasteiger partial charge in [-0.15, -0.1) is 0 Å². The predicted molar refractivity (Wildman–Crippen MR) is 73.1 cm³/mol. The Balaban J connectivity index is 2.10. The molecule has 1 aliphatic rings. The molecule has 1 fully saturated rings. The summed E-state index contributed by atoms with van der Waals surface area (Å²) in [4.78, 5) is 2.49. The van der Waals surface area contributed by atoms with Crippen LogP contribution in [0.5, 0.6) is 0 Å². The molecule has 0 spiro atoms. The molecule has 16 heavy (non-hydrogen) atoms. The molecule has 3 heteroatoms. The number of hydrogen-bond acceptors (Lipinski definition) is 3. The lowest BCUT2D eigenvalue weighted by Gasteiger charge is -2.33. The van der Waals surface area contributed by atoms with E-state index in [-0.39, 0.29) is 0 Å². The molecule has 2 rings (SSSR count). The van der Waals surface area contributed by atoms with Crippen molar-refractivity contribution in [3.05, 3.63) is 29.8 Å². The molecular weight excluding hydrogens is 216 g/mol. The van der Waals surface area contributed by atoms with Crippen LogP contribution in [-0.2, 0) is 6.54 Å². The van der Waals surface area contributed by atoms with Crippen LogP contribution in [0.2, 0.25) is 0 Å². The van der Waals surface area contributed by atoms with Gasteiger partial charge < -0.3 is 10.6 Å². The fraction of sp³-hybridized carbons (Fsp3) is 0.538. The molecule has 1 unspecified atom stereocenters. The van der Waals surface area contributed by atoms with E-state index in [4.69, 9.17) is 5.73 Å². The van der Waals surface area contributed by atoms with Crippen LogP contribution in [0.4, 0.5) is 5.69 Å². The van der Waals surface area contributed by atoms with E-state index >= 15 is 0 Å². The molecule has 1 aromatic rings. The fourth-order valence-electron chi connectivity index (χ4n) is 2.08. The normalized spacial score (nSPS) is 21.1. The molecule has 1 saturated heterocycles. The third-order valence-electron chi connectivity index (χ3n) is 3.11. The standard InChI is InChI=1S/C13H20N2S/c1-2-13-10-15(6-7-16-13)12-5-3-4-11(8-12)9-14/h3-5,8,13H,2,6-7,9-10,14H2,1H3. The molecule has 88 valence electrons. The lowest BCUT2D eigenvalue weighted by atomic mass is 10.1. The van der Waals surface area contributed by atoms with Gasteiger partial charge in [0.15, 0.2) is 0 Å². The Labute approximate surface area is 102 Å². The first kappa shape index (κ1) is 11.8. The number of hydrogen-bond donors (Lipinski definition) is 1. The largest absolute Gasteiger partial charge is 0.370 e. The summed E-state index contributed by atoms with van der Waals surface area (Å²) in [5.74, 6) is 1.24. The summed E-state index contributed by atoms with van der Waals surface area (Å²) in [6, 6.07) is 8.63. The van der Waals surface area contributed by atoms with E-state index in [0.717, 1.165) is 11.8 Å². The number of nitrogens with zero attached hydrogens (tertiary/aromatic N) is 1. The number of benzene rings is 1. The molecular formula is C13H20N2S. The Morgan fingerprint density at radius 2 is 2.38 bits per heavy atom. The minimum Gasteiger partial charge on any atom is -0.370 e. The highest BCUT2D eigenvalue weighted by molar-refractivity contribution is 8.00. The van der Waals surface area contributed by atoms with Gasteiger partial charge in [0.1, 0.15) is 0 Å². The summed E-state index contributed by atoms with van der Waals surface area (Å²) in [7, 11) is 0. The van der Waals surface area contributed by atoms with Gasteiger partial charge in [-0.05, 0) is 24.1 Å². The number of anilines is 1. The molecule has 0 saturated carbocycles. The Bertz CT molecular complexity index is 340. The molecule has 1 heterocycles. The molecule has 2 nitrogen and oxygen atoms in total. The number of nitrogens with two attached hydrogens (primary N) is 1. The van der Waals surface area contributed by atoms with Crippen LogP contribution in [0, 0.1) is 0 Å². The lowest BCUT2D eigenvalue weighted by Crippen LogP contribution is -2.37. The minimum absolute atomic E-state index is 0.633.